The Kier molecular flexibility index (Phi) is 5.20. The van der Waals surface area contributed by atoms with Gasteiger partial charge in [0.05, 0.1) is 11.1 Å². The second-order valence-electron chi connectivity index (χ2n) is 6.52. The predicted molar refractivity (Wildman–Crippen MR) is 109 cm³/mol. The Morgan fingerprint density at radius 2 is 1.76 bits per heavy atom. The van der Waals surface area contributed by atoms with E-state index in [1.807, 2.05) is 24.3 Å². The molecule has 0 unspecified atom stereocenters. The van der Waals surface area contributed by atoms with E-state index in [1.165, 1.54) is 18.2 Å². The first kappa shape index (κ1) is 19.3. The lowest BCUT2D eigenvalue weighted by molar-refractivity contribution is 0.101. The third-order valence-corrected chi connectivity index (χ3v) is 5.38. The summed E-state index contributed by atoms with van der Waals surface area (Å²) in [5.74, 6) is -0.596. The highest BCUT2D eigenvalue weighted by Crippen LogP contribution is 2.40. The molecule has 146 valence electrons. The van der Waals surface area contributed by atoms with Crippen LogP contribution in [-0.2, 0) is 6.61 Å². The van der Waals surface area contributed by atoms with Crippen molar-refractivity contribution in [2.75, 3.05) is 0 Å². The van der Waals surface area contributed by atoms with Crippen molar-refractivity contribution in [1.82, 2.24) is 0 Å². The Bertz CT molecular complexity index is 1130. The molecular formula is C23H15BrF2O3. The van der Waals surface area contributed by atoms with Crippen LogP contribution in [0.25, 0.3) is 6.08 Å². The fourth-order valence-corrected chi connectivity index (χ4v) is 3.48. The summed E-state index contributed by atoms with van der Waals surface area (Å²) in [6, 6.07) is 14.3. The lowest BCUT2D eigenvalue weighted by Gasteiger charge is -2.12. The van der Waals surface area contributed by atoms with E-state index in [0.29, 0.717) is 22.6 Å². The van der Waals surface area contributed by atoms with E-state index in [1.54, 1.807) is 25.1 Å². The Morgan fingerprint density at radius 3 is 2.48 bits per heavy atom. The third-order valence-electron chi connectivity index (χ3n) is 4.66. The van der Waals surface area contributed by atoms with Crippen LogP contribution in [0.5, 0.6) is 11.5 Å². The van der Waals surface area contributed by atoms with Gasteiger partial charge in [0, 0.05) is 10.0 Å². The van der Waals surface area contributed by atoms with Crippen molar-refractivity contribution < 1.29 is 23.0 Å². The zero-order chi connectivity index (χ0) is 20.5. The molecule has 1 aliphatic rings. The van der Waals surface area contributed by atoms with Crippen molar-refractivity contribution in [3.8, 4) is 11.5 Å². The van der Waals surface area contributed by atoms with E-state index in [9.17, 15) is 13.6 Å². The van der Waals surface area contributed by atoms with Gasteiger partial charge in [0.15, 0.2) is 5.76 Å². The Labute approximate surface area is 174 Å². The fraction of sp³-hybridized carbons (Fsp3) is 0.0870. The van der Waals surface area contributed by atoms with Gasteiger partial charge in [-0.3, -0.25) is 4.79 Å². The minimum atomic E-state index is -0.672. The second-order valence-corrected chi connectivity index (χ2v) is 7.37. The molecule has 3 aromatic rings. The molecule has 0 spiro atoms. The van der Waals surface area contributed by atoms with Gasteiger partial charge in [-0.05, 0) is 48.9 Å². The monoisotopic (exact) mass is 456 g/mol. The van der Waals surface area contributed by atoms with Crippen molar-refractivity contribution in [3.05, 3.63) is 98.7 Å². The lowest BCUT2D eigenvalue weighted by atomic mass is 10.1. The smallest absolute Gasteiger partial charge is 0.231 e. The first-order valence-electron chi connectivity index (χ1n) is 8.84. The summed E-state index contributed by atoms with van der Waals surface area (Å²) >= 11 is 3.45. The second kappa shape index (κ2) is 7.79. The number of halogens is 3. The van der Waals surface area contributed by atoms with E-state index < -0.39 is 11.6 Å². The minimum absolute atomic E-state index is 0.154. The maximum absolute atomic E-state index is 13.8. The average molecular weight is 457 g/mol. The van der Waals surface area contributed by atoms with Crippen molar-refractivity contribution in [2.24, 2.45) is 0 Å². The highest BCUT2D eigenvalue weighted by atomic mass is 79.9. The first-order chi connectivity index (χ1) is 14.0. The van der Waals surface area contributed by atoms with Crippen molar-refractivity contribution in [3.63, 3.8) is 0 Å². The highest BCUT2D eigenvalue weighted by Gasteiger charge is 2.30. The molecule has 0 atom stereocenters. The third kappa shape index (κ3) is 3.68. The molecule has 0 saturated heterocycles. The zero-order valence-corrected chi connectivity index (χ0v) is 16.9. The van der Waals surface area contributed by atoms with Crippen LogP contribution in [0, 0.1) is 18.6 Å². The van der Waals surface area contributed by atoms with Crippen LogP contribution in [0.15, 0.2) is 64.8 Å². The highest BCUT2D eigenvalue weighted by molar-refractivity contribution is 9.10. The summed E-state index contributed by atoms with van der Waals surface area (Å²) in [6.45, 7) is 1.46. The summed E-state index contributed by atoms with van der Waals surface area (Å²) in [4.78, 5) is 12.7. The summed E-state index contributed by atoms with van der Waals surface area (Å²) in [6.07, 6.45) is 1.67. The van der Waals surface area contributed by atoms with Gasteiger partial charge < -0.3 is 9.47 Å². The molecule has 0 fully saturated rings. The maximum Gasteiger partial charge on any atom is 0.231 e. The molecule has 1 heterocycles. The molecule has 0 radical (unpaired) electrons. The van der Waals surface area contributed by atoms with Gasteiger partial charge in [-0.25, -0.2) is 8.78 Å². The molecule has 4 rings (SSSR count). The van der Waals surface area contributed by atoms with Gasteiger partial charge in [-0.2, -0.15) is 0 Å². The molecule has 0 bridgehead atoms. The number of ether oxygens (including phenoxy) is 2. The van der Waals surface area contributed by atoms with E-state index in [2.05, 4.69) is 15.9 Å². The minimum Gasteiger partial charge on any atom is -0.488 e. The topological polar surface area (TPSA) is 35.5 Å². The number of fused-ring (bicyclic) bond motifs is 1. The molecular weight excluding hydrogens is 442 g/mol. The Morgan fingerprint density at radius 1 is 1.03 bits per heavy atom. The maximum atomic E-state index is 13.8. The number of allylic oxidation sites excluding steroid dienone is 1. The molecule has 0 aromatic heterocycles. The molecule has 1 aliphatic heterocycles. The summed E-state index contributed by atoms with van der Waals surface area (Å²) in [5, 5.41) is 0. The number of rotatable bonds is 4. The largest absolute Gasteiger partial charge is 0.488 e. The number of carbonyl (C=O) groups excluding carboxylic acids is 1. The number of benzene rings is 3. The van der Waals surface area contributed by atoms with Gasteiger partial charge in [-0.1, -0.05) is 40.2 Å². The van der Waals surface area contributed by atoms with Gasteiger partial charge in [-0.15, -0.1) is 0 Å². The van der Waals surface area contributed by atoms with Gasteiger partial charge >= 0.3 is 0 Å². The van der Waals surface area contributed by atoms with Gasteiger partial charge in [0.2, 0.25) is 5.78 Å². The van der Waals surface area contributed by atoms with Gasteiger partial charge in [0.1, 0.15) is 29.7 Å². The Balaban J connectivity index is 1.61. The van der Waals surface area contributed by atoms with Crippen LogP contribution in [0.2, 0.25) is 0 Å². The van der Waals surface area contributed by atoms with E-state index in [4.69, 9.17) is 9.47 Å². The van der Waals surface area contributed by atoms with Crippen molar-refractivity contribution >= 4 is 27.8 Å². The lowest BCUT2D eigenvalue weighted by Crippen LogP contribution is -2.03. The van der Waals surface area contributed by atoms with Crippen LogP contribution < -0.4 is 9.47 Å². The zero-order valence-electron chi connectivity index (χ0n) is 15.3. The van der Waals surface area contributed by atoms with Crippen LogP contribution in [0.4, 0.5) is 8.78 Å². The van der Waals surface area contributed by atoms with Crippen molar-refractivity contribution in [2.45, 2.75) is 13.5 Å². The molecule has 3 aromatic carbocycles. The molecule has 0 saturated carbocycles. The SMILES string of the molecule is Cc1c(OCc2c(F)cccc2F)ccc2c1O/C(=C\c1ccccc1Br)C2=O. The Hall–Kier alpha value is -2.99. The van der Waals surface area contributed by atoms with E-state index in [0.717, 1.165) is 10.0 Å². The number of ketones is 1. The van der Waals surface area contributed by atoms with Crippen LogP contribution in [-0.4, -0.2) is 5.78 Å². The quantitative estimate of drug-likeness (QED) is 0.436. The van der Waals surface area contributed by atoms with Crippen LogP contribution >= 0.6 is 15.9 Å². The molecule has 0 amide bonds. The normalized spacial score (nSPS) is 14.1. The molecule has 29 heavy (non-hydrogen) atoms. The molecule has 6 heteroatoms. The predicted octanol–water partition coefficient (Wildman–Crippen LogP) is 6.23. The van der Waals surface area contributed by atoms with Gasteiger partial charge in [0.25, 0.3) is 0 Å². The number of hydrogen-bond acceptors (Lipinski definition) is 3. The fourth-order valence-electron chi connectivity index (χ4n) is 3.08. The number of Topliss-reactive ketones (excluding diaryl/α,β-unsaturated/α-hetero) is 1. The van der Waals surface area contributed by atoms with Crippen LogP contribution in [0.1, 0.15) is 27.0 Å². The summed E-state index contributed by atoms with van der Waals surface area (Å²) in [7, 11) is 0. The molecule has 0 N–H and O–H groups in total. The first-order valence-corrected chi connectivity index (χ1v) is 9.63. The average Bonchev–Trinajstić information content (AvgIpc) is 3.01. The number of hydrogen-bond donors (Lipinski definition) is 0. The molecule has 3 nitrogen and oxygen atoms in total. The van der Waals surface area contributed by atoms with Crippen LogP contribution in [0.3, 0.4) is 0 Å². The van der Waals surface area contributed by atoms with Crippen molar-refractivity contribution in [1.29, 1.82) is 0 Å². The summed E-state index contributed by atoms with van der Waals surface area (Å²) in [5.41, 5.74) is 1.67. The van der Waals surface area contributed by atoms with E-state index in [-0.39, 0.29) is 23.7 Å². The standard InChI is InChI=1S/C23H15BrF2O3/c1-13-20(28-12-16-18(25)7-4-8-19(16)26)10-9-15-22(27)21(29-23(13)15)11-14-5-2-3-6-17(14)24/h2-11H,12H2,1H3/b21-11-. The summed E-state index contributed by atoms with van der Waals surface area (Å²) < 4.78 is 39.9. The number of carbonyl (C=O) groups is 1. The van der Waals surface area contributed by atoms with E-state index >= 15 is 0 Å². The molecule has 0 aliphatic carbocycles.